The van der Waals surface area contributed by atoms with Crippen LogP contribution in [0.25, 0.3) is 0 Å². The number of amides is 1. The number of nitro benzene ring substituents is 1. The van der Waals surface area contributed by atoms with Crippen LogP contribution in [0, 0.1) is 15.9 Å². The van der Waals surface area contributed by atoms with E-state index in [4.69, 9.17) is 4.74 Å². The number of benzene rings is 1. The Morgan fingerprint density at radius 1 is 1.34 bits per heavy atom. The normalized spacial score (nSPS) is 17.1. The molecule has 1 N–H and O–H groups in total. The van der Waals surface area contributed by atoms with Gasteiger partial charge in [0.05, 0.1) is 36.4 Å². The number of carbonyl (C=O) groups is 2. The first kappa shape index (κ1) is 22.3. The van der Waals surface area contributed by atoms with Crippen LogP contribution in [0.4, 0.5) is 20.6 Å². The minimum absolute atomic E-state index is 0.0510. The van der Waals surface area contributed by atoms with Crippen LogP contribution in [0.2, 0.25) is 0 Å². The minimum Gasteiger partial charge on any atom is -0.465 e. The molecule has 2 rings (SSSR count). The number of piperazine rings is 1. The maximum absolute atomic E-state index is 14.6. The summed E-state index contributed by atoms with van der Waals surface area (Å²) in [5, 5.41) is 20.9. The Balaban J connectivity index is 2.34. The highest BCUT2D eigenvalue weighted by atomic mass is 19.1. The van der Waals surface area contributed by atoms with Crippen molar-refractivity contribution in [1.29, 1.82) is 0 Å². The van der Waals surface area contributed by atoms with Crippen molar-refractivity contribution in [2.75, 3.05) is 38.3 Å². The van der Waals surface area contributed by atoms with Gasteiger partial charge in [0.1, 0.15) is 11.2 Å². The van der Waals surface area contributed by atoms with E-state index in [0.29, 0.717) is 6.07 Å². The van der Waals surface area contributed by atoms with Gasteiger partial charge in [-0.2, -0.15) is 0 Å². The first-order chi connectivity index (χ1) is 13.5. The molecule has 0 aliphatic carbocycles. The molecule has 0 radical (unpaired) electrons. The second-order valence-electron chi connectivity index (χ2n) is 7.53. The van der Waals surface area contributed by atoms with E-state index < -0.39 is 52.3 Å². The second kappa shape index (κ2) is 8.60. The summed E-state index contributed by atoms with van der Waals surface area (Å²) in [6, 6.07) is 0.985. The van der Waals surface area contributed by atoms with Gasteiger partial charge >= 0.3 is 12.1 Å². The van der Waals surface area contributed by atoms with Gasteiger partial charge in [0, 0.05) is 19.6 Å². The molecule has 1 atom stereocenters. The Hall–Kier alpha value is -2.95. The standard InChI is InChI=1S/C18H24FN3O7/c1-18(2,3)29-17(25)20-5-6-21(11(9-20)10-23)15-7-12(16(24)28-4)14(22(26)27)8-13(15)19/h7-8,11,23H,5-6,9-10H2,1-4H3. The fraction of sp³-hybridized carbons (Fsp3) is 0.556. The Morgan fingerprint density at radius 3 is 2.52 bits per heavy atom. The van der Waals surface area contributed by atoms with Crippen molar-refractivity contribution in [2.24, 2.45) is 0 Å². The lowest BCUT2D eigenvalue weighted by Crippen LogP contribution is -2.57. The number of methoxy groups -OCH3 is 1. The summed E-state index contributed by atoms with van der Waals surface area (Å²) >= 11 is 0. The van der Waals surface area contributed by atoms with E-state index in [1.54, 1.807) is 20.8 Å². The Bertz CT molecular complexity index is 809. The first-order valence-electron chi connectivity index (χ1n) is 8.90. The second-order valence-corrected chi connectivity index (χ2v) is 7.53. The number of rotatable bonds is 4. The van der Waals surface area contributed by atoms with Crippen molar-refractivity contribution in [3.8, 4) is 0 Å². The number of ether oxygens (including phenoxy) is 2. The number of nitrogens with zero attached hydrogens (tertiary/aromatic N) is 3. The van der Waals surface area contributed by atoms with E-state index in [-0.39, 0.29) is 25.3 Å². The molecule has 0 aromatic heterocycles. The lowest BCUT2D eigenvalue weighted by atomic mass is 10.1. The van der Waals surface area contributed by atoms with E-state index in [1.807, 2.05) is 0 Å². The number of esters is 1. The zero-order valence-electron chi connectivity index (χ0n) is 16.7. The minimum atomic E-state index is -0.981. The van der Waals surface area contributed by atoms with Crippen LogP contribution in [0.5, 0.6) is 0 Å². The molecule has 10 nitrogen and oxygen atoms in total. The van der Waals surface area contributed by atoms with Crippen LogP contribution in [0.3, 0.4) is 0 Å². The topological polar surface area (TPSA) is 122 Å². The summed E-state index contributed by atoms with van der Waals surface area (Å²) in [5.74, 6) is -1.90. The van der Waals surface area contributed by atoms with Gasteiger partial charge in [-0.05, 0) is 26.8 Å². The molecule has 1 aliphatic heterocycles. The average molecular weight is 413 g/mol. The number of hydrogen-bond acceptors (Lipinski definition) is 8. The summed E-state index contributed by atoms with van der Waals surface area (Å²) < 4.78 is 24.5. The molecule has 0 saturated carbocycles. The number of aliphatic hydroxyl groups is 1. The SMILES string of the molecule is COC(=O)c1cc(N2CCN(C(=O)OC(C)(C)C)CC2CO)c(F)cc1[N+](=O)[O-]. The molecule has 1 fully saturated rings. The number of halogens is 1. The monoisotopic (exact) mass is 413 g/mol. The molecule has 160 valence electrons. The summed E-state index contributed by atoms with van der Waals surface area (Å²) in [5.41, 5.74) is -1.91. The van der Waals surface area contributed by atoms with Crippen molar-refractivity contribution in [1.82, 2.24) is 4.90 Å². The number of hydrogen-bond donors (Lipinski definition) is 1. The summed E-state index contributed by atoms with van der Waals surface area (Å²) in [6.45, 7) is 5.12. The number of aliphatic hydroxyl groups excluding tert-OH is 1. The molecular weight excluding hydrogens is 389 g/mol. The lowest BCUT2D eigenvalue weighted by molar-refractivity contribution is -0.385. The van der Waals surface area contributed by atoms with E-state index in [1.165, 1.54) is 9.80 Å². The average Bonchev–Trinajstić information content (AvgIpc) is 2.65. The van der Waals surface area contributed by atoms with Crippen LogP contribution in [0.15, 0.2) is 12.1 Å². The molecule has 1 aromatic carbocycles. The van der Waals surface area contributed by atoms with Crippen molar-refractivity contribution >= 4 is 23.4 Å². The smallest absolute Gasteiger partial charge is 0.410 e. The van der Waals surface area contributed by atoms with Gasteiger partial charge in [-0.25, -0.2) is 14.0 Å². The molecule has 1 unspecified atom stereocenters. The van der Waals surface area contributed by atoms with Crippen molar-refractivity contribution in [2.45, 2.75) is 32.4 Å². The van der Waals surface area contributed by atoms with Gasteiger partial charge < -0.3 is 24.4 Å². The maximum Gasteiger partial charge on any atom is 0.410 e. The predicted octanol–water partition coefficient (Wildman–Crippen LogP) is 1.94. The molecule has 11 heteroatoms. The molecule has 1 saturated heterocycles. The highest BCUT2D eigenvalue weighted by molar-refractivity contribution is 5.95. The Kier molecular flexibility index (Phi) is 6.62. The highest BCUT2D eigenvalue weighted by Gasteiger charge is 2.34. The molecule has 29 heavy (non-hydrogen) atoms. The summed E-state index contributed by atoms with van der Waals surface area (Å²) in [4.78, 5) is 37.3. The van der Waals surface area contributed by atoms with Gasteiger partial charge in [-0.15, -0.1) is 0 Å². The molecule has 1 amide bonds. The molecule has 1 heterocycles. The molecule has 1 aliphatic rings. The van der Waals surface area contributed by atoms with E-state index >= 15 is 0 Å². The van der Waals surface area contributed by atoms with Crippen LogP contribution in [-0.2, 0) is 9.47 Å². The lowest BCUT2D eigenvalue weighted by Gasteiger charge is -2.42. The summed E-state index contributed by atoms with van der Waals surface area (Å²) in [6.07, 6.45) is -0.560. The van der Waals surface area contributed by atoms with Crippen molar-refractivity contribution < 1.29 is 33.5 Å². The third-order valence-corrected chi connectivity index (χ3v) is 4.32. The van der Waals surface area contributed by atoms with E-state index in [2.05, 4.69) is 4.74 Å². The Labute approximate surface area is 166 Å². The van der Waals surface area contributed by atoms with Crippen molar-refractivity contribution in [3.05, 3.63) is 33.6 Å². The van der Waals surface area contributed by atoms with Crippen molar-refractivity contribution in [3.63, 3.8) is 0 Å². The molecule has 0 spiro atoms. The van der Waals surface area contributed by atoms with Gasteiger partial charge in [-0.3, -0.25) is 10.1 Å². The Morgan fingerprint density at radius 2 is 2.00 bits per heavy atom. The van der Waals surface area contributed by atoms with Crippen LogP contribution in [-0.4, -0.2) is 72.0 Å². The third-order valence-electron chi connectivity index (χ3n) is 4.32. The zero-order valence-corrected chi connectivity index (χ0v) is 16.7. The van der Waals surface area contributed by atoms with Crippen LogP contribution in [0.1, 0.15) is 31.1 Å². The van der Waals surface area contributed by atoms with Gasteiger partial charge in [0.25, 0.3) is 5.69 Å². The fourth-order valence-corrected chi connectivity index (χ4v) is 3.02. The number of nitro groups is 1. The van der Waals surface area contributed by atoms with Crippen LogP contribution < -0.4 is 4.90 Å². The third kappa shape index (κ3) is 5.11. The van der Waals surface area contributed by atoms with E-state index in [0.717, 1.165) is 13.2 Å². The maximum atomic E-state index is 14.6. The first-order valence-corrected chi connectivity index (χ1v) is 8.90. The largest absolute Gasteiger partial charge is 0.465 e. The van der Waals surface area contributed by atoms with Crippen LogP contribution >= 0.6 is 0 Å². The molecule has 1 aromatic rings. The molecular formula is C18H24FN3O7. The predicted molar refractivity (Wildman–Crippen MR) is 100 cm³/mol. The highest BCUT2D eigenvalue weighted by Crippen LogP contribution is 2.31. The van der Waals surface area contributed by atoms with Gasteiger partial charge in [-0.1, -0.05) is 0 Å². The zero-order chi connectivity index (χ0) is 21.9. The summed E-state index contributed by atoms with van der Waals surface area (Å²) in [7, 11) is 1.06. The van der Waals surface area contributed by atoms with Gasteiger partial charge in [0.15, 0.2) is 5.82 Å². The number of anilines is 1. The quantitative estimate of drug-likeness (QED) is 0.451. The fourth-order valence-electron chi connectivity index (χ4n) is 3.02. The van der Waals surface area contributed by atoms with E-state index in [9.17, 15) is 29.2 Å². The number of carbonyl (C=O) groups excluding carboxylic acids is 2. The van der Waals surface area contributed by atoms with Gasteiger partial charge in [0.2, 0.25) is 0 Å². The molecule has 0 bridgehead atoms.